The molecule has 0 spiro atoms. The number of carbonyl (C=O) groups is 1. The number of carboxylic acid groups (broad SMARTS) is 1. The molecule has 0 radical (unpaired) electrons. The minimum atomic E-state index is -0.806. The normalized spacial score (nSPS) is 12.0. The highest BCUT2D eigenvalue weighted by molar-refractivity contribution is 5.76. The first-order valence-corrected chi connectivity index (χ1v) is 10.4. The van der Waals surface area contributed by atoms with Gasteiger partial charge in [0.25, 0.3) is 0 Å². The number of aliphatic imine (C=N–C) groups is 1. The van der Waals surface area contributed by atoms with E-state index in [9.17, 15) is 4.79 Å². The SMILES string of the molecule is CCCCCCCCCCCCCCCCC(CN=C(N)N)C(=O)O. The smallest absolute Gasteiger partial charge is 0.308 e. The van der Waals surface area contributed by atoms with Crippen LogP contribution in [0, 0.1) is 5.92 Å². The number of carboxylic acids is 1. The minimum Gasteiger partial charge on any atom is -0.481 e. The van der Waals surface area contributed by atoms with Crippen molar-refractivity contribution in [3.63, 3.8) is 0 Å². The monoisotopic (exact) mass is 355 g/mol. The lowest BCUT2D eigenvalue weighted by atomic mass is 10.00. The van der Waals surface area contributed by atoms with Crippen molar-refractivity contribution in [1.82, 2.24) is 0 Å². The Hall–Kier alpha value is -1.26. The molecule has 0 rings (SSSR count). The summed E-state index contributed by atoms with van der Waals surface area (Å²) in [5.74, 6) is -1.30. The predicted molar refractivity (Wildman–Crippen MR) is 107 cm³/mol. The Kier molecular flexibility index (Phi) is 16.7. The van der Waals surface area contributed by atoms with Crippen LogP contribution < -0.4 is 11.5 Å². The van der Waals surface area contributed by atoms with Gasteiger partial charge in [0.05, 0.1) is 12.5 Å². The van der Waals surface area contributed by atoms with Crippen molar-refractivity contribution in [3.05, 3.63) is 0 Å². The van der Waals surface area contributed by atoms with Gasteiger partial charge >= 0.3 is 5.97 Å². The zero-order valence-corrected chi connectivity index (χ0v) is 16.3. The van der Waals surface area contributed by atoms with Crippen LogP contribution in [0.1, 0.15) is 103 Å². The van der Waals surface area contributed by atoms with E-state index in [2.05, 4.69) is 11.9 Å². The van der Waals surface area contributed by atoms with Gasteiger partial charge in [-0.15, -0.1) is 0 Å². The molecule has 0 aliphatic carbocycles. The Bertz CT molecular complexity index is 342. The second-order valence-electron chi connectivity index (χ2n) is 7.19. The molecule has 5 nitrogen and oxygen atoms in total. The summed E-state index contributed by atoms with van der Waals surface area (Å²) in [5.41, 5.74) is 10.5. The third-order valence-corrected chi connectivity index (χ3v) is 4.75. The molecule has 0 aromatic rings. The van der Waals surface area contributed by atoms with Crippen LogP contribution in [0.15, 0.2) is 4.99 Å². The molecule has 0 aromatic carbocycles. The summed E-state index contributed by atoms with van der Waals surface area (Å²) in [7, 11) is 0. The molecule has 5 N–H and O–H groups in total. The molecule has 0 saturated heterocycles. The van der Waals surface area contributed by atoms with Crippen molar-refractivity contribution in [3.8, 4) is 0 Å². The van der Waals surface area contributed by atoms with Gasteiger partial charge in [0, 0.05) is 0 Å². The van der Waals surface area contributed by atoms with E-state index in [1.165, 1.54) is 77.0 Å². The van der Waals surface area contributed by atoms with E-state index in [1.807, 2.05) is 0 Å². The molecule has 0 bridgehead atoms. The van der Waals surface area contributed by atoms with Crippen LogP contribution in [-0.4, -0.2) is 23.6 Å². The molecular weight excluding hydrogens is 314 g/mol. The van der Waals surface area contributed by atoms with Crippen molar-refractivity contribution in [1.29, 1.82) is 0 Å². The molecule has 25 heavy (non-hydrogen) atoms. The van der Waals surface area contributed by atoms with E-state index >= 15 is 0 Å². The number of aliphatic carboxylic acids is 1. The summed E-state index contributed by atoms with van der Waals surface area (Å²) in [5, 5.41) is 9.14. The van der Waals surface area contributed by atoms with Crippen molar-refractivity contribution in [2.45, 2.75) is 103 Å². The molecule has 148 valence electrons. The zero-order valence-electron chi connectivity index (χ0n) is 16.3. The Balaban J connectivity index is 3.37. The van der Waals surface area contributed by atoms with Crippen LogP contribution in [0.25, 0.3) is 0 Å². The molecule has 0 aliphatic heterocycles. The molecule has 0 aliphatic rings. The van der Waals surface area contributed by atoms with Crippen molar-refractivity contribution < 1.29 is 9.90 Å². The van der Waals surface area contributed by atoms with E-state index in [0.717, 1.165) is 12.8 Å². The van der Waals surface area contributed by atoms with Crippen LogP contribution in [0.3, 0.4) is 0 Å². The van der Waals surface area contributed by atoms with Gasteiger partial charge in [-0.3, -0.25) is 9.79 Å². The molecule has 5 heteroatoms. The van der Waals surface area contributed by atoms with Gasteiger partial charge in [-0.1, -0.05) is 96.8 Å². The van der Waals surface area contributed by atoms with E-state index in [0.29, 0.717) is 6.42 Å². The van der Waals surface area contributed by atoms with Crippen molar-refractivity contribution in [2.75, 3.05) is 6.54 Å². The van der Waals surface area contributed by atoms with E-state index in [-0.39, 0.29) is 12.5 Å². The number of rotatable bonds is 18. The minimum absolute atomic E-state index is 0.0350. The van der Waals surface area contributed by atoms with Gasteiger partial charge in [-0.25, -0.2) is 0 Å². The topological polar surface area (TPSA) is 102 Å². The third-order valence-electron chi connectivity index (χ3n) is 4.75. The number of nitrogens with two attached hydrogens (primary N) is 2. The summed E-state index contributed by atoms with van der Waals surface area (Å²) >= 11 is 0. The lowest BCUT2D eigenvalue weighted by Gasteiger charge is -2.09. The van der Waals surface area contributed by atoms with Gasteiger partial charge < -0.3 is 16.6 Å². The van der Waals surface area contributed by atoms with Crippen LogP contribution in [0.4, 0.5) is 0 Å². The number of hydrogen-bond acceptors (Lipinski definition) is 2. The maximum Gasteiger partial charge on any atom is 0.308 e. The largest absolute Gasteiger partial charge is 0.481 e. The number of hydrogen-bond donors (Lipinski definition) is 3. The first-order chi connectivity index (χ1) is 12.1. The first kappa shape index (κ1) is 23.7. The fourth-order valence-electron chi connectivity index (χ4n) is 3.09. The highest BCUT2D eigenvalue weighted by Gasteiger charge is 2.16. The molecule has 1 unspecified atom stereocenters. The number of unbranched alkanes of at least 4 members (excludes halogenated alkanes) is 13. The fraction of sp³-hybridized carbons (Fsp3) is 0.900. The Morgan fingerprint density at radius 3 is 1.56 bits per heavy atom. The van der Waals surface area contributed by atoms with Crippen LogP contribution in [-0.2, 0) is 4.79 Å². The van der Waals surface area contributed by atoms with Crippen molar-refractivity contribution in [2.24, 2.45) is 22.4 Å². The molecule has 0 fully saturated rings. The second-order valence-corrected chi connectivity index (χ2v) is 7.19. The summed E-state index contributed by atoms with van der Waals surface area (Å²) in [4.78, 5) is 14.9. The second kappa shape index (κ2) is 17.6. The summed E-state index contributed by atoms with van der Waals surface area (Å²) in [6.45, 7) is 2.45. The van der Waals surface area contributed by atoms with Gasteiger partial charge in [0.15, 0.2) is 5.96 Å². The first-order valence-electron chi connectivity index (χ1n) is 10.4. The summed E-state index contributed by atoms with van der Waals surface area (Å²) in [6.07, 6.45) is 18.9. The average Bonchev–Trinajstić information content (AvgIpc) is 2.57. The van der Waals surface area contributed by atoms with Crippen LogP contribution >= 0.6 is 0 Å². The molecule has 0 amide bonds. The standard InChI is InChI=1S/C20H41N3O2/c1-2-3-4-5-6-7-8-9-10-11-12-13-14-15-16-18(19(24)25)17-23-20(21)22/h18H,2-17H2,1H3,(H,24,25)(H4,21,22,23). The number of nitrogens with zero attached hydrogens (tertiary/aromatic N) is 1. The summed E-state index contributed by atoms with van der Waals surface area (Å²) in [6, 6.07) is 0. The lowest BCUT2D eigenvalue weighted by Crippen LogP contribution is -2.25. The van der Waals surface area contributed by atoms with E-state index < -0.39 is 11.9 Å². The average molecular weight is 356 g/mol. The maximum absolute atomic E-state index is 11.1. The van der Waals surface area contributed by atoms with E-state index in [1.54, 1.807) is 0 Å². The summed E-state index contributed by atoms with van der Waals surface area (Å²) < 4.78 is 0. The van der Waals surface area contributed by atoms with Gasteiger partial charge in [0.2, 0.25) is 0 Å². The maximum atomic E-state index is 11.1. The lowest BCUT2D eigenvalue weighted by molar-refractivity contribution is -0.141. The van der Waals surface area contributed by atoms with Crippen molar-refractivity contribution >= 4 is 11.9 Å². The van der Waals surface area contributed by atoms with Crippen LogP contribution in [0.2, 0.25) is 0 Å². The third kappa shape index (κ3) is 17.4. The van der Waals surface area contributed by atoms with Gasteiger partial charge in [-0.2, -0.15) is 0 Å². The van der Waals surface area contributed by atoms with Gasteiger partial charge in [-0.05, 0) is 6.42 Å². The fourth-order valence-corrected chi connectivity index (χ4v) is 3.09. The van der Waals surface area contributed by atoms with Gasteiger partial charge in [0.1, 0.15) is 0 Å². The number of guanidine groups is 1. The predicted octanol–water partition coefficient (Wildman–Crippen LogP) is 4.83. The quantitative estimate of drug-likeness (QED) is 0.186. The molecule has 0 aromatic heterocycles. The van der Waals surface area contributed by atoms with Crippen LogP contribution in [0.5, 0.6) is 0 Å². The Morgan fingerprint density at radius 2 is 1.20 bits per heavy atom. The molecular formula is C20H41N3O2. The van der Waals surface area contributed by atoms with E-state index in [4.69, 9.17) is 16.6 Å². The highest BCUT2D eigenvalue weighted by Crippen LogP contribution is 2.15. The Morgan fingerprint density at radius 1 is 0.800 bits per heavy atom. The molecule has 0 saturated carbocycles. The Labute approximate surface area is 154 Å². The zero-order chi connectivity index (χ0) is 18.8. The highest BCUT2D eigenvalue weighted by atomic mass is 16.4. The molecule has 0 heterocycles. The molecule has 1 atom stereocenters.